The number of aliphatic hydroxyl groups excluding tert-OH is 1. The molecular weight excluding hydrogens is 717 g/mol. The molecule has 238 valence electrons. The van der Waals surface area contributed by atoms with Crippen molar-refractivity contribution < 1.29 is 22.2 Å². The summed E-state index contributed by atoms with van der Waals surface area (Å²) in [5.41, 5.74) is 3.56. The Kier molecular flexibility index (Phi) is 16.8. The van der Waals surface area contributed by atoms with E-state index in [2.05, 4.69) is 108 Å². The van der Waals surface area contributed by atoms with Crippen LogP contribution in [0.5, 0.6) is 0 Å². The van der Waals surface area contributed by atoms with Crippen molar-refractivity contribution in [2.24, 2.45) is 0 Å². The van der Waals surface area contributed by atoms with E-state index < -0.39 is 7.92 Å². The van der Waals surface area contributed by atoms with Crippen LogP contribution in [0, 0.1) is 0 Å². The normalized spacial score (nSPS) is 17.2. The van der Waals surface area contributed by atoms with Crippen molar-refractivity contribution in [3.63, 3.8) is 0 Å². The molecule has 0 saturated heterocycles. The maximum Gasteiger partial charge on any atom is 0.0402 e. The molecule has 43 heavy (non-hydrogen) atoms. The van der Waals surface area contributed by atoms with Crippen molar-refractivity contribution in [3.8, 4) is 0 Å². The van der Waals surface area contributed by atoms with Gasteiger partial charge in [0.15, 0.2) is 0 Å². The van der Waals surface area contributed by atoms with Crippen molar-refractivity contribution in [1.29, 1.82) is 0 Å². The molecule has 0 bridgehead atoms. The molecule has 2 fully saturated rings. The largest absolute Gasteiger partial charge is 0.748 e. The summed E-state index contributed by atoms with van der Waals surface area (Å²) in [6.45, 7) is 4.56. The summed E-state index contributed by atoms with van der Waals surface area (Å²) < 4.78 is 0.236. The standard InChI is InChI=1S/C31H38IP2.C5H5.C2H6O.Fe/c1-31(32,34(27-19-10-4-11-20-27)28-21-12-5-13-22-28)29-23-14-24-30(29)33(25-15-6-2-7-16-25)26-17-8-3-9-18-26;1-2-4-5-3-1;1-2-3;/h2-3,6-9,14-18,23-24,27-28H,4-5,10-13,19-22H2,1H3;1-5H;3H,2H2,1H3;/q-1;-5;;. The van der Waals surface area contributed by atoms with E-state index in [9.17, 15) is 0 Å². The molecule has 1 atom stereocenters. The SMILES string of the molecule is CC(I)([c-]1cccc1P(c1ccccc1)c1ccccc1)P(C1CCCCC1)C1CCCCC1.CCO.[Fe].[cH-]1[cH-][cH-][cH-][cH-]1. The molecule has 0 amide bonds. The average Bonchev–Trinajstić information content (AvgIpc) is 3.77. The molecule has 2 saturated carbocycles. The van der Waals surface area contributed by atoms with E-state index in [4.69, 9.17) is 5.11 Å². The second-order valence-electron chi connectivity index (χ2n) is 11.6. The summed E-state index contributed by atoms with van der Waals surface area (Å²) in [7, 11) is -0.621. The van der Waals surface area contributed by atoms with Gasteiger partial charge < -0.3 is 35.4 Å². The number of hydrogen-bond acceptors (Lipinski definition) is 1. The number of aliphatic hydroxyl groups is 1. The van der Waals surface area contributed by atoms with Crippen LogP contribution in [0.1, 0.15) is 83.6 Å². The number of halogens is 1. The van der Waals surface area contributed by atoms with Crippen molar-refractivity contribution in [2.75, 3.05) is 6.61 Å². The maximum absolute atomic E-state index is 7.57. The van der Waals surface area contributed by atoms with E-state index in [-0.39, 0.29) is 34.8 Å². The average molecular weight is 767 g/mol. The minimum Gasteiger partial charge on any atom is -0.748 e. The third-order valence-electron chi connectivity index (χ3n) is 8.53. The molecule has 0 aromatic heterocycles. The van der Waals surface area contributed by atoms with Crippen molar-refractivity contribution >= 4 is 54.3 Å². The fourth-order valence-electron chi connectivity index (χ4n) is 6.73. The summed E-state index contributed by atoms with van der Waals surface area (Å²) in [5, 5.41) is 12.1. The van der Waals surface area contributed by atoms with Gasteiger partial charge in [-0.25, -0.2) is 12.1 Å². The van der Waals surface area contributed by atoms with Crippen LogP contribution in [0.4, 0.5) is 0 Å². The first-order chi connectivity index (χ1) is 20.6. The molecule has 0 spiro atoms. The van der Waals surface area contributed by atoms with Gasteiger partial charge in [-0.15, -0.1) is 10.9 Å². The van der Waals surface area contributed by atoms with E-state index in [0.717, 1.165) is 11.3 Å². The second-order valence-corrected chi connectivity index (χ2v) is 19.9. The molecule has 1 nitrogen and oxygen atoms in total. The van der Waals surface area contributed by atoms with E-state index in [0.29, 0.717) is 0 Å². The third-order valence-corrected chi connectivity index (χ3v) is 17.1. The topological polar surface area (TPSA) is 20.2 Å². The molecular formula is C38H49FeIOP2-6. The van der Waals surface area contributed by atoms with E-state index in [1.165, 1.54) is 74.8 Å². The van der Waals surface area contributed by atoms with Gasteiger partial charge >= 0.3 is 0 Å². The zero-order chi connectivity index (χ0) is 29.6. The third kappa shape index (κ3) is 10.4. The summed E-state index contributed by atoms with van der Waals surface area (Å²) >= 11 is 2.94. The summed E-state index contributed by atoms with van der Waals surface area (Å²) in [4.78, 5) is 0. The van der Waals surface area contributed by atoms with E-state index in [1.807, 2.05) is 30.3 Å². The first-order valence-corrected chi connectivity index (χ1v) is 19.9. The number of benzene rings is 2. The Labute approximate surface area is 288 Å². The Morgan fingerprint density at radius 2 is 1.12 bits per heavy atom. The molecule has 6 rings (SSSR count). The van der Waals surface area contributed by atoms with E-state index in [1.54, 1.807) is 17.8 Å². The van der Waals surface area contributed by atoms with Gasteiger partial charge in [0, 0.05) is 26.8 Å². The predicted octanol–water partition coefficient (Wildman–Crippen LogP) is 10.3. The smallest absolute Gasteiger partial charge is 0.0402 e. The van der Waals surface area contributed by atoms with Crippen LogP contribution in [0.15, 0.2) is 109 Å². The summed E-state index contributed by atoms with van der Waals surface area (Å²) in [6.07, 6.45) is 14.6. The second kappa shape index (κ2) is 19.7. The molecule has 0 heterocycles. The fraction of sp³-hybridized carbons (Fsp3) is 0.421. The molecule has 0 aliphatic heterocycles. The summed E-state index contributed by atoms with van der Waals surface area (Å²) in [5.74, 6) is 0. The molecule has 5 heteroatoms. The van der Waals surface area contributed by atoms with Crippen LogP contribution in [-0.4, -0.2) is 23.0 Å². The molecule has 2 aliphatic rings. The van der Waals surface area contributed by atoms with Gasteiger partial charge in [0.2, 0.25) is 0 Å². The van der Waals surface area contributed by atoms with Crippen LogP contribution < -0.4 is 15.9 Å². The van der Waals surface area contributed by atoms with Gasteiger partial charge in [-0.05, 0) is 62.5 Å². The van der Waals surface area contributed by atoms with Gasteiger partial charge in [0.1, 0.15) is 0 Å². The fourth-order valence-corrected chi connectivity index (χ4v) is 16.7. The molecule has 2 aliphatic carbocycles. The zero-order valence-corrected chi connectivity index (χ0v) is 30.9. The Hall–Kier alpha value is -0.791. The Morgan fingerprint density at radius 1 is 0.721 bits per heavy atom. The van der Waals surface area contributed by atoms with Gasteiger partial charge in [0.25, 0.3) is 0 Å². The first kappa shape index (κ1) is 36.7. The zero-order valence-electron chi connectivity index (χ0n) is 25.9. The van der Waals surface area contributed by atoms with Gasteiger partial charge in [-0.1, -0.05) is 137 Å². The quantitative estimate of drug-likeness (QED) is 0.0653. The first-order valence-electron chi connectivity index (χ1n) is 16.0. The predicted molar refractivity (Wildman–Crippen MR) is 198 cm³/mol. The van der Waals surface area contributed by atoms with Gasteiger partial charge in [0.05, 0.1) is 0 Å². The van der Waals surface area contributed by atoms with Crippen molar-refractivity contribution in [2.45, 2.75) is 92.5 Å². The molecule has 0 radical (unpaired) electrons. The molecule has 1 unspecified atom stereocenters. The van der Waals surface area contributed by atoms with Crippen LogP contribution in [-0.2, 0) is 20.2 Å². The van der Waals surface area contributed by atoms with Gasteiger partial charge in [-0.2, -0.15) is 6.07 Å². The number of alkyl halides is 1. The number of hydrogen-bond donors (Lipinski definition) is 1. The van der Waals surface area contributed by atoms with Crippen LogP contribution >= 0.6 is 38.4 Å². The minimum atomic E-state index is -0.548. The summed E-state index contributed by atoms with van der Waals surface area (Å²) in [6, 6.07) is 39.9. The van der Waals surface area contributed by atoms with Crippen LogP contribution in [0.3, 0.4) is 0 Å². The van der Waals surface area contributed by atoms with E-state index >= 15 is 0 Å². The Morgan fingerprint density at radius 3 is 1.51 bits per heavy atom. The Bertz CT molecular complexity index is 1150. The monoisotopic (exact) mass is 766 g/mol. The van der Waals surface area contributed by atoms with Crippen molar-refractivity contribution in [1.82, 2.24) is 0 Å². The molecule has 4 aromatic rings. The molecule has 1 N–H and O–H groups in total. The number of rotatable bonds is 7. The maximum atomic E-state index is 7.57. The van der Waals surface area contributed by atoms with Crippen molar-refractivity contribution in [3.05, 3.63) is 115 Å². The Balaban J connectivity index is 0.000000495. The van der Waals surface area contributed by atoms with Crippen LogP contribution in [0.25, 0.3) is 0 Å². The molecule has 4 aromatic carbocycles. The van der Waals surface area contributed by atoms with Crippen LogP contribution in [0.2, 0.25) is 0 Å². The van der Waals surface area contributed by atoms with Gasteiger partial charge in [-0.3, -0.25) is 0 Å². The minimum absolute atomic E-state index is 0.